The van der Waals surface area contributed by atoms with Crippen LogP contribution in [0, 0.1) is 0 Å². The van der Waals surface area contributed by atoms with Crippen molar-refractivity contribution in [1.29, 1.82) is 0 Å². The summed E-state index contributed by atoms with van der Waals surface area (Å²) >= 11 is 0. The largest absolute Gasteiger partial charge is 0.458 e. The van der Waals surface area contributed by atoms with Crippen LogP contribution in [0.5, 0.6) is 0 Å². The lowest BCUT2D eigenvalue weighted by Gasteiger charge is -2.28. The molecule has 0 bridgehead atoms. The number of rotatable bonds is 6. The molecule has 0 radical (unpaired) electrons. The number of hydrogen-bond donors (Lipinski definition) is 1. The number of hydrogen-bond acceptors (Lipinski definition) is 5. The molecule has 1 N–H and O–H groups in total. The number of carbonyl (C=O) groups is 3. The minimum atomic E-state index is -1.13. The molecule has 2 aromatic carbocycles. The van der Waals surface area contributed by atoms with E-state index in [1.807, 2.05) is 60.7 Å². The van der Waals surface area contributed by atoms with Gasteiger partial charge >= 0.3 is 18.1 Å². The molecular weight excluding hydrogens is 386 g/mol. The fourth-order valence-electron chi connectivity index (χ4n) is 3.15. The zero-order chi connectivity index (χ0) is 21.3. The lowest BCUT2D eigenvalue weighted by Crippen LogP contribution is -2.49. The van der Waals surface area contributed by atoms with Crippen molar-refractivity contribution in [2.24, 2.45) is 0 Å². The average molecular weight is 411 g/mol. The fourth-order valence-corrected chi connectivity index (χ4v) is 3.15. The maximum absolute atomic E-state index is 12.7. The number of nitrogens with one attached hydrogen (secondary N) is 1. The van der Waals surface area contributed by atoms with Gasteiger partial charge in [-0.1, -0.05) is 60.7 Å². The molecule has 30 heavy (non-hydrogen) atoms. The Balaban J connectivity index is 1.69. The van der Waals surface area contributed by atoms with E-state index < -0.39 is 24.2 Å². The molecule has 1 atom stereocenters. The quantitative estimate of drug-likeness (QED) is 0.739. The van der Waals surface area contributed by atoms with Gasteiger partial charge in [-0.05, 0) is 17.5 Å². The van der Waals surface area contributed by atoms with Crippen LogP contribution >= 0.6 is 0 Å². The minimum Gasteiger partial charge on any atom is -0.458 e. The Morgan fingerprint density at radius 3 is 2.17 bits per heavy atom. The predicted molar refractivity (Wildman–Crippen MR) is 109 cm³/mol. The minimum absolute atomic E-state index is 0.0800. The first-order valence-corrected chi connectivity index (χ1v) is 9.80. The van der Waals surface area contributed by atoms with E-state index in [0.29, 0.717) is 19.5 Å². The summed E-state index contributed by atoms with van der Waals surface area (Å²) in [6.07, 6.45) is -1.08. The zero-order valence-electron chi connectivity index (χ0n) is 16.8. The van der Waals surface area contributed by atoms with E-state index in [1.54, 1.807) is 0 Å². The summed E-state index contributed by atoms with van der Waals surface area (Å²) in [4.78, 5) is 37.4. The highest BCUT2D eigenvalue weighted by atomic mass is 16.6. The number of benzene rings is 2. The highest BCUT2D eigenvalue weighted by Gasteiger charge is 2.34. The lowest BCUT2D eigenvalue weighted by molar-refractivity contribution is -0.156. The third kappa shape index (κ3) is 5.50. The van der Waals surface area contributed by atoms with Crippen LogP contribution in [0.25, 0.3) is 0 Å². The molecule has 1 saturated heterocycles. The van der Waals surface area contributed by atoms with Gasteiger partial charge in [-0.25, -0.2) is 24.4 Å². The van der Waals surface area contributed by atoms with Gasteiger partial charge in [0, 0.05) is 26.6 Å². The Kier molecular flexibility index (Phi) is 7.26. The molecule has 1 aliphatic rings. The first kappa shape index (κ1) is 21.2. The first-order valence-electron chi connectivity index (χ1n) is 9.80. The van der Waals surface area contributed by atoms with E-state index in [-0.39, 0.29) is 13.0 Å². The fraction of sp³-hybridized carbons (Fsp3) is 0.318. The first-order chi connectivity index (χ1) is 14.6. The van der Waals surface area contributed by atoms with Gasteiger partial charge in [0.15, 0.2) is 0 Å². The van der Waals surface area contributed by atoms with Crippen molar-refractivity contribution in [3.05, 3.63) is 71.8 Å². The Labute approximate surface area is 175 Å². The van der Waals surface area contributed by atoms with Gasteiger partial charge in [0.2, 0.25) is 6.10 Å². The average Bonchev–Trinajstić information content (AvgIpc) is 3.28. The lowest BCUT2D eigenvalue weighted by atomic mass is 10.1. The highest BCUT2D eigenvalue weighted by Crippen LogP contribution is 2.16. The van der Waals surface area contributed by atoms with Crippen LogP contribution in [0.4, 0.5) is 9.59 Å². The Morgan fingerprint density at radius 1 is 0.933 bits per heavy atom. The zero-order valence-corrected chi connectivity index (χ0v) is 16.8. The van der Waals surface area contributed by atoms with E-state index >= 15 is 0 Å². The molecule has 1 unspecified atom stereocenters. The summed E-state index contributed by atoms with van der Waals surface area (Å²) in [5.41, 5.74) is 1.66. The number of amides is 3. The maximum atomic E-state index is 12.7. The molecule has 8 nitrogen and oxygen atoms in total. The molecule has 8 heteroatoms. The molecule has 0 aromatic heterocycles. The topological polar surface area (TPSA) is 88.2 Å². The number of carbonyl (C=O) groups excluding carboxylic acids is 3. The summed E-state index contributed by atoms with van der Waals surface area (Å²) in [7, 11) is 1.49. The van der Waals surface area contributed by atoms with Crippen LogP contribution in [0.3, 0.4) is 0 Å². The van der Waals surface area contributed by atoms with Gasteiger partial charge in [0.25, 0.3) is 0 Å². The van der Waals surface area contributed by atoms with Crippen molar-refractivity contribution < 1.29 is 23.9 Å². The van der Waals surface area contributed by atoms with Crippen molar-refractivity contribution in [3.63, 3.8) is 0 Å². The highest BCUT2D eigenvalue weighted by molar-refractivity contribution is 5.81. The molecule has 0 saturated carbocycles. The third-order valence-electron chi connectivity index (χ3n) is 4.68. The number of ether oxygens (including phenoxy) is 2. The number of urea groups is 1. The third-order valence-corrected chi connectivity index (χ3v) is 4.68. The molecule has 1 heterocycles. The van der Waals surface area contributed by atoms with Crippen LogP contribution in [0.1, 0.15) is 17.5 Å². The van der Waals surface area contributed by atoms with E-state index in [4.69, 9.17) is 9.47 Å². The number of esters is 1. The number of hydrazine groups is 1. The van der Waals surface area contributed by atoms with E-state index in [2.05, 4.69) is 5.32 Å². The summed E-state index contributed by atoms with van der Waals surface area (Å²) < 4.78 is 10.9. The van der Waals surface area contributed by atoms with E-state index in [1.165, 1.54) is 17.1 Å². The summed E-state index contributed by atoms with van der Waals surface area (Å²) in [6, 6.07) is 18.1. The summed E-state index contributed by atoms with van der Waals surface area (Å²) in [6.45, 7) is 0.816. The standard InChI is InChI=1S/C22H25N3O5/c1-23-21(27)24-13-8-14-25(24)22(28)30-19(15-17-9-4-2-5-10-17)20(26)29-16-18-11-6-3-7-12-18/h2-7,9-12,19H,8,13-16H2,1H3,(H,23,27). The molecule has 1 aliphatic heterocycles. The van der Waals surface area contributed by atoms with Crippen LogP contribution < -0.4 is 5.32 Å². The van der Waals surface area contributed by atoms with Crippen molar-refractivity contribution in [1.82, 2.24) is 15.3 Å². The molecule has 3 rings (SSSR count). The van der Waals surface area contributed by atoms with Gasteiger partial charge in [0.1, 0.15) is 6.61 Å². The maximum Gasteiger partial charge on any atom is 0.429 e. The van der Waals surface area contributed by atoms with Crippen LogP contribution in [0.15, 0.2) is 60.7 Å². The molecular formula is C22H25N3O5. The number of nitrogens with zero attached hydrogens (tertiary/aromatic N) is 2. The SMILES string of the molecule is CNC(=O)N1CCCN1C(=O)OC(Cc1ccccc1)C(=O)OCc1ccccc1. The molecule has 0 spiro atoms. The second-order valence-corrected chi connectivity index (χ2v) is 6.81. The molecule has 0 aliphatic carbocycles. The van der Waals surface area contributed by atoms with Crippen molar-refractivity contribution in [2.75, 3.05) is 20.1 Å². The second kappa shape index (κ2) is 10.3. The molecule has 3 amide bonds. The Morgan fingerprint density at radius 2 is 1.53 bits per heavy atom. The van der Waals surface area contributed by atoms with Crippen LogP contribution in [-0.4, -0.2) is 54.4 Å². The Bertz CT molecular complexity index is 860. The summed E-state index contributed by atoms with van der Waals surface area (Å²) in [5.74, 6) is -0.637. The van der Waals surface area contributed by atoms with Gasteiger partial charge in [-0.2, -0.15) is 0 Å². The van der Waals surface area contributed by atoms with Gasteiger partial charge in [-0.3, -0.25) is 0 Å². The molecule has 2 aromatic rings. The van der Waals surface area contributed by atoms with Crippen molar-refractivity contribution in [2.45, 2.75) is 25.6 Å². The predicted octanol–water partition coefficient (Wildman–Crippen LogP) is 2.74. The van der Waals surface area contributed by atoms with E-state index in [0.717, 1.165) is 11.1 Å². The van der Waals surface area contributed by atoms with E-state index in [9.17, 15) is 14.4 Å². The normalized spacial score (nSPS) is 14.2. The van der Waals surface area contributed by atoms with Crippen LogP contribution in [-0.2, 0) is 27.3 Å². The van der Waals surface area contributed by atoms with Crippen LogP contribution in [0.2, 0.25) is 0 Å². The summed E-state index contributed by atoms with van der Waals surface area (Å²) in [5, 5.41) is 4.98. The van der Waals surface area contributed by atoms with Gasteiger partial charge in [-0.15, -0.1) is 0 Å². The van der Waals surface area contributed by atoms with Crippen molar-refractivity contribution in [3.8, 4) is 0 Å². The monoisotopic (exact) mass is 411 g/mol. The molecule has 1 fully saturated rings. The molecule has 158 valence electrons. The van der Waals surface area contributed by atoms with Gasteiger partial charge < -0.3 is 14.8 Å². The van der Waals surface area contributed by atoms with Gasteiger partial charge in [0.05, 0.1) is 0 Å². The Hall–Kier alpha value is -3.55. The smallest absolute Gasteiger partial charge is 0.429 e. The van der Waals surface area contributed by atoms with Crippen molar-refractivity contribution >= 4 is 18.1 Å². The second-order valence-electron chi connectivity index (χ2n) is 6.81.